The van der Waals surface area contributed by atoms with Gasteiger partial charge in [-0.15, -0.1) is 0 Å². The molecule has 0 amide bonds. The minimum atomic E-state index is -0.279. The van der Waals surface area contributed by atoms with Crippen molar-refractivity contribution in [2.75, 3.05) is 45.8 Å². The topological polar surface area (TPSA) is 42.3 Å². The van der Waals surface area contributed by atoms with E-state index in [4.69, 9.17) is 0 Å². The molecule has 4 heteroatoms. The average molecular weight is 252 g/mol. The van der Waals surface area contributed by atoms with Crippen LogP contribution >= 0.6 is 0 Å². The highest BCUT2D eigenvalue weighted by molar-refractivity contribution is 5.09. The van der Waals surface area contributed by atoms with E-state index in [0.29, 0.717) is 0 Å². The maximum absolute atomic E-state index is 9.44. The number of nitrogens with one attached hydrogen (secondary N) is 1. The number of likely N-dealkylation sites (N-methyl/N-ethyl adjacent to an activating group) is 1. The summed E-state index contributed by atoms with van der Waals surface area (Å²) in [5.74, 6) is 0. The quantitative estimate of drug-likeness (QED) is 0.741. The van der Waals surface area contributed by atoms with Crippen molar-refractivity contribution in [3.05, 3.63) is 0 Å². The molecular weight excluding hydrogens is 224 g/mol. The van der Waals surface area contributed by atoms with Crippen molar-refractivity contribution in [1.82, 2.24) is 15.1 Å². The first-order valence-electron chi connectivity index (χ1n) is 7.30. The predicted octanol–water partition coefficient (Wildman–Crippen LogP) is 1.30. The van der Waals surface area contributed by atoms with E-state index in [9.17, 15) is 5.26 Å². The first-order valence-corrected chi connectivity index (χ1v) is 7.30. The summed E-state index contributed by atoms with van der Waals surface area (Å²) in [4.78, 5) is 4.81. The minimum absolute atomic E-state index is 0.279. The van der Waals surface area contributed by atoms with E-state index in [-0.39, 0.29) is 5.54 Å². The molecule has 1 fully saturated rings. The molecule has 1 aliphatic heterocycles. The lowest BCUT2D eigenvalue weighted by molar-refractivity contribution is 0.169. The maximum Gasteiger partial charge on any atom is 0.109 e. The zero-order valence-corrected chi connectivity index (χ0v) is 12.2. The highest BCUT2D eigenvalue weighted by atomic mass is 15.2. The monoisotopic (exact) mass is 252 g/mol. The highest BCUT2D eigenvalue weighted by Crippen LogP contribution is 2.21. The summed E-state index contributed by atoms with van der Waals surface area (Å²) in [7, 11) is 0. The molecular formula is C14H28N4. The van der Waals surface area contributed by atoms with Gasteiger partial charge in [-0.1, -0.05) is 20.8 Å². The van der Waals surface area contributed by atoms with Crippen molar-refractivity contribution in [1.29, 1.82) is 5.26 Å². The Morgan fingerprint density at radius 2 is 1.83 bits per heavy atom. The largest absolute Gasteiger partial charge is 0.303 e. The van der Waals surface area contributed by atoms with Gasteiger partial charge >= 0.3 is 0 Å². The Morgan fingerprint density at radius 1 is 1.22 bits per heavy atom. The van der Waals surface area contributed by atoms with Crippen molar-refractivity contribution in [3.8, 4) is 6.07 Å². The van der Waals surface area contributed by atoms with Crippen LogP contribution in [0, 0.1) is 11.3 Å². The third-order valence-electron chi connectivity index (χ3n) is 4.16. The van der Waals surface area contributed by atoms with Gasteiger partial charge in [0.2, 0.25) is 0 Å². The van der Waals surface area contributed by atoms with Crippen LogP contribution in [0.3, 0.4) is 0 Å². The molecule has 0 saturated carbocycles. The van der Waals surface area contributed by atoms with Gasteiger partial charge in [0.1, 0.15) is 5.54 Å². The zero-order valence-electron chi connectivity index (χ0n) is 12.2. The molecule has 18 heavy (non-hydrogen) atoms. The number of piperidine rings is 1. The van der Waals surface area contributed by atoms with Crippen molar-refractivity contribution < 1.29 is 0 Å². The van der Waals surface area contributed by atoms with Crippen molar-refractivity contribution >= 4 is 0 Å². The fourth-order valence-corrected chi connectivity index (χ4v) is 2.57. The molecule has 0 aromatic heterocycles. The normalized spacial score (nSPS) is 19.9. The van der Waals surface area contributed by atoms with Crippen LogP contribution < -0.4 is 5.32 Å². The standard InChI is InChI=1S/C14H28N4/c1-4-17(5-2)12-9-16-14(13-15)7-10-18(6-3)11-8-14/h16H,4-12H2,1-3H3. The molecule has 0 aromatic carbocycles. The van der Waals surface area contributed by atoms with Crippen molar-refractivity contribution in [3.63, 3.8) is 0 Å². The number of likely N-dealkylation sites (tertiary alicyclic amines) is 1. The second kappa shape index (κ2) is 7.73. The lowest BCUT2D eigenvalue weighted by atomic mass is 9.89. The summed E-state index contributed by atoms with van der Waals surface area (Å²) >= 11 is 0. The lowest BCUT2D eigenvalue weighted by Crippen LogP contribution is -2.53. The molecule has 1 saturated heterocycles. The Kier molecular flexibility index (Phi) is 6.62. The van der Waals surface area contributed by atoms with Gasteiger partial charge < -0.3 is 9.80 Å². The number of nitriles is 1. The molecule has 0 unspecified atom stereocenters. The van der Waals surface area contributed by atoms with Gasteiger partial charge in [0, 0.05) is 26.2 Å². The Morgan fingerprint density at radius 3 is 2.28 bits per heavy atom. The number of hydrogen-bond donors (Lipinski definition) is 1. The summed E-state index contributed by atoms with van der Waals surface area (Å²) in [5.41, 5.74) is -0.279. The smallest absolute Gasteiger partial charge is 0.109 e. The van der Waals surface area contributed by atoms with Crippen LogP contribution in [0.25, 0.3) is 0 Å². The van der Waals surface area contributed by atoms with Crippen LogP contribution in [-0.2, 0) is 0 Å². The van der Waals surface area contributed by atoms with E-state index in [1.807, 2.05) is 0 Å². The molecule has 1 heterocycles. The second-order valence-electron chi connectivity index (χ2n) is 5.08. The van der Waals surface area contributed by atoms with Crippen molar-refractivity contribution in [2.24, 2.45) is 0 Å². The molecule has 1 N–H and O–H groups in total. The van der Waals surface area contributed by atoms with Crippen molar-refractivity contribution in [2.45, 2.75) is 39.2 Å². The molecule has 0 atom stereocenters. The Balaban J connectivity index is 2.36. The molecule has 104 valence electrons. The molecule has 1 rings (SSSR count). The zero-order chi connectivity index (χ0) is 13.4. The van der Waals surface area contributed by atoms with E-state index in [0.717, 1.165) is 58.7 Å². The Bertz CT molecular complexity index is 259. The number of rotatable bonds is 7. The maximum atomic E-state index is 9.44. The summed E-state index contributed by atoms with van der Waals surface area (Å²) < 4.78 is 0. The third kappa shape index (κ3) is 4.24. The lowest BCUT2D eigenvalue weighted by Gasteiger charge is -2.37. The predicted molar refractivity (Wildman–Crippen MR) is 75.5 cm³/mol. The number of nitrogens with zero attached hydrogens (tertiary/aromatic N) is 3. The summed E-state index contributed by atoms with van der Waals surface area (Å²) in [5, 5.41) is 12.9. The highest BCUT2D eigenvalue weighted by Gasteiger charge is 2.33. The molecule has 0 aromatic rings. The fraction of sp³-hybridized carbons (Fsp3) is 0.929. The van der Waals surface area contributed by atoms with E-state index in [1.165, 1.54) is 0 Å². The molecule has 4 nitrogen and oxygen atoms in total. The van der Waals surface area contributed by atoms with Gasteiger partial charge in [-0.2, -0.15) is 5.26 Å². The summed E-state index contributed by atoms with van der Waals surface area (Å²) in [6.45, 7) is 13.9. The molecule has 0 spiro atoms. The van der Waals surface area contributed by atoms with Gasteiger partial charge in [0.25, 0.3) is 0 Å². The minimum Gasteiger partial charge on any atom is -0.303 e. The van der Waals surface area contributed by atoms with E-state index in [2.05, 4.69) is 42.0 Å². The van der Waals surface area contributed by atoms with Crippen LogP contribution in [0.4, 0.5) is 0 Å². The van der Waals surface area contributed by atoms with E-state index in [1.54, 1.807) is 0 Å². The SMILES string of the molecule is CCN(CC)CCNC1(C#N)CCN(CC)CC1. The first-order chi connectivity index (χ1) is 8.69. The number of hydrogen-bond acceptors (Lipinski definition) is 4. The fourth-order valence-electron chi connectivity index (χ4n) is 2.57. The van der Waals surface area contributed by atoms with Crippen LogP contribution in [-0.4, -0.2) is 61.2 Å². The van der Waals surface area contributed by atoms with Gasteiger partial charge in [-0.05, 0) is 32.5 Å². The van der Waals surface area contributed by atoms with Crippen LogP contribution in [0.1, 0.15) is 33.6 Å². The molecule has 0 aliphatic carbocycles. The van der Waals surface area contributed by atoms with Crippen LogP contribution in [0.2, 0.25) is 0 Å². The molecule has 0 radical (unpaired) electrons. The second-order valence-corrected chi connectivity index (χ2v) is 5.08. The Labute approximate surface area is 112 Å². The van der Waals surface area contributed by atoms with E-state index >= 15 is 0 Å². The van der Waals surface area contributed by atoms with Gasteiger partial charge in [0.15, 0.2) is 0 Å². The van der Waals surface area contributed by atoms with Crippen LogP contribution in [0.15, 0.2) is 0 Å². The summed E-state index contributed by atoms with van der Waals surface area (Å²) in [6, 6.07) is 2.52. The van der Waals surface area contributed by atoms with Crippen LogP contribution in [0.5, 0.6) is 0 Å². The molecule has 0 bridgehead atoms. The molecule has 1 aliphatic rings. The third-order valence-corrected chi connectivity index (χ3v) is 4.16. The first kappa shape index (κ1) is 15.4. The van der Waals surface area contributed by atoms with E-state index < -0.39 is 0 Å². The average Bonchev–Trinajstić information content (AvgIpc) is 2.44. The summed E-state index contributed by atoms with van der Waals surface area (Å²) in [6.07, 6.45) is 1.91. The van der Waals surface area contributed by atoms with Gasteiger partial charge in [-0.25, -0.2) is 0 Å². The van der Waals surface area contributed by atoms with Gasteiger partial charge in [-0.3, -0.25) is 5.32 Å². The Hall–Kier alpha value is -0.630. The van der Waals surface area contributed by atoms with Gasteiger partial charge in [0.05, 0.1) is 6.07 Å².